The number of methoxy groups -OCH3 is 2. The molecule has 1 aliphatic heterocycles. The maximum atomic E-state index is 12.6. The van der Waals surface area contributed by atoms with Crippen molar-refractivity contribution in [2.45, 2.75) is 19.4 Å². The van der Waals surface area contributed by atoms with Gasteiger partial charge in [-0.05, 0) is 53.8 Å². The van der Waals surface area contributed by atoms with Crippen LogP contribution in [0.25, 0.3) is 0 Å². The highest BCUT2D eigenvalue weighted by Gasteiger charge is 2.22. The summed E-state index contributed by atoms with van der Waals surface area (Å²) < 4.78 is 10.9. The van der Waals surface area contributed by atoms with E-state index in [1.54, 1.807) is 26.4 Å². The van der Waals surface area contributed by atoms with E-state index in [0.717, 1.165) is 44.0 Å². The van der Waals surface area contributed by atoms with Crippen LogP contribution in [0.15, 0.2) is 54.6 Å². The molecule has 0 unspecified atom stereocenters. The van der Waals surface area contributed by atoms with E-state index < -0.39 is 5.91 Å². The number of amides is 1. The van der Waals surface area contributed by atoms with E-state index in [9.17, 15) is 9.70 Å². The molecular weight excluding hydrogens is 432 g/mol. The van der Waals surface area contributed by atoms with E-state index in [-0.39, 0.29) is 16.1 Å². The predicted octanol–water partition coefficient (Wildman–Crippen LogP) is 3.64. The summed E-state index contributed by atoms with van der Waals surface area (Å²) in [6.45, 7) is 2.79. The number of rotatable bonds is 8. The summed E-state index contributed by atoms with van der Waals surface area (Å²) in [6, 6.07) is 19.3. The topological polar surface area (TPSA) is 96.9 Å². The van der Waals surface area contributed by atoms with Crippen LogP contribution in [0.2, 0.25) is 0 Å². The van der Waals surface area contributed by atoms with E-state index in [4.69, 9.17) is 15.3 Å². The number of hydrogen-bond acceptors (Lipinski definition) is 5. The molecule has 1 amide bonds. The number of nitrogens with one attached hydrogen (secondary N) is 1. The van der Waals surface area contributed by atoms with Gasteiger partial charge in [-0.25, -0.2) is 0 Å². The minimum atomic E-state index is -0.436. The van der Waals surface area contributed by atoms with Gasteiger partial charge in [0, 0.05) is 37.5 Å². The maximum absolute atomic E-state index is 12.6. The number of hydrogen-bond donors (Lipinski definition) is 2. The fraction of sp³-hybridized carbons (Fsp3) is 0.269. The smallest absolute Gasteiger partial charge is 0.304 e. The van der Waals surface area contributed by atoms with Gasteiger partial charge in [-0.15, -0.1) is 0 Å². The van der Waals surface area contributed by atoms with Crippen molar-refractivity contribution in [3.63, 3.8) is 0 Å². The Morgan fingerprint density at radius 2 is 1.82 bits per heavy atom. The Balaban J connectivity index is 1.34. The van der Waals surface area contributed by atoms with E-state index in [2.05, 4.69) is 28.4 Å². The Morgan fingerprint density at radius 3 is 2.50 bits per heavy atom. The lowest BCUT2D eigenvalue weighted by atomic mass is 9.98. The molecular formula is C26H28N4O4+. The van der Waals surface area contributed by atoms with Gasteiger partial charge in [0.2, 0.25) is 0 Å². The zero-order valence-electron chi connectivity index (χ0n) is 19.3. The maximum Gasteiger partial charge on any atom is 0.304 e. The highest BCUT2D eigenvalue weighted by molar-refractivity contribution is 6.06. The van der Waals surface area contributed by atoms with Crippen LogP contribution in [0.4, 0.5) is 11.4 Å². The van der Waals surface area contributed by atoms with Crippen LogP contribution in [0.5, 0.6) is 11.5 Å². The molecule has 175 valence electrons. The van der Waals surface area contributed by atoms with Crippen LogP contribution in [-0.4, -0.2) is 43.0 Å². The van der Waals surface area contributed by atoms with Gasteiger partial charge < -0.3 is 14.8 Å². The van der Waals surface area contributed by atoms with E-state index >= 15 is 0 Å². The molecule has 1 heterocycles. The highest BCUT2D eigenvalue weighted by atomic mass is 16.5. The lowest BCUT2D eigenvalue weighted by Crippen LogP contribution is -2.32. The molecule has 0 aromatic heterocycles. The molecule has 0 atom stereocenters. The monoisotopic (exact) mass is 460 g/mol. The van der Waals surface area contributed by atoms with Crippen molar-refractivity contribution in [3.8, 4) is 11.5 Å². The first-order chi connectivity index (χ1) is 16.5. The zero-order chi connectivity index (χ0) is 24.1. The Morgan fingerprint density at radius 1 is 1.12 bits per heavy atom. The molecule has 4 rings (SSSR count). The van der Waals surface area contributed by atoms with Gasteiger partial charge in [0.05, 0.1) is 19.1 Å². The third-order valence-electron chi connectivity index (χ3n) is 6.02. The number of carbonyl (C=O) groups is 1. The Bertz CT molecular complexity index is 1190. The van der Waals surface area contributed by atoms with Crippen LogP contribution in [-0.2, 0) is 19.4 Å². The van der Waals surface area contributed by atoms with Crippen molar-refractivity contribution in [1.29, 1.82) is 0 Å². The van der Waals surface area contributed by atoms with Crippen molar-refractivity contribution in [3.05, 3.63) is 87.8 Å². The largest absolute Gasteiger partial charge is 0.493 e. The summed E-state index contributed by atoms with van der Waals surface area (Å²) in [7, 11) is 3.32. The molecule has 8 nitrogen and oxygen atoms in total. The fourth-order valence-electron chi connectivity index (χ4n) is 4.16. The quantitative estimate of drug-likeness (QED) is 0.303. The average molecular weight is 461 g/mol. The summed E-state index contributed by atoms with van der Waals surface area (Å²) >= 11 is 0. The molecule has 0 saturated heterocycles. The van der Waals surface area contributed by atoms with Gasteiger partial charge in [-0.2, -0.15) is 5.84 Å². The van der Waals surface area contributed by atoms with Gasteiger partial charge >= 0.3 is 5.69 Å². The minimum Gasteiger partial charge on any atom is -0.493 e. The van der Waals surface area contributed by atoms with Gasteiger partial charge in [0.1, 0.15) is 5.56 Å². The lowest BCUT2D eigenvalue weighted by Gasteiger charge is -2.29. The van der Waals surface area contributed by atoms with Crippen molar-refractivity contribution in [2.75, 3.05) is 32.6 Å². The summed E-state index contributed by atoms with van der Waals surface area (Å²) in [5.41, 5.74) is 4.56. The Hall–Kier alpha value is -3.91. The second-order valence-corrected chi connectivity index (χ2v) is 8.16. The van der Waals surface area contributed by atoms with Crippen molar-refractivity contribution >= 4 is 17.3 Å². The first-order valence-electron chi connectivity index (χ1n) is 11.1. The molecule has 1 radical (unpaired) electrons. The number of nitroso groups, excluding NO2 is 1. The molecule has 1 aliphatic rings. The van der Waals surface area contributed by atoms with Crippen LogP contribution in [0.3, 0.4) is 0 Å². The Labute approximate surface area is 198 Å². The number of carbonyl (C=O) groups excluding carboxylic acids is 1. The molecule has 3 aromatic rings. The third kappa shape index (κ3) is 5.18. The molecule has 0 fully saturated rings. The highest BCUT2D eigenvalue weighted by Crippen LogP contribution is 2.33. The average Bonchev–Trinajstić information content (AvgIpc) is 2.87. The lowest BCUT2D eigenvalue weighted by molar-refractivity contribution is -0.474. The number of nitrogens with zero attached hydrogens (tertiary/aromatic N) is 2. The number of hydrazine groups is 1. The number of nitrogens with two attached hydrogens (primary N) is 1. The molecule has 8 heteroatoms. The van der Waals surface area contributed by atoms with Crippen LogP contribution < -0.4 is 20.6 Å². The summed E-state index contributed by atoms with van der Waals surface area (Å²) in [5, 5.41) is 2.79. The van der Waals surface area contributed by atoms with Gasteiger partial charge in [0.25, 0.3) is 5.91 Å². The Kier molecular flexibility index (Phi) is 7.08. The number of ether oxygens (including phenoxy) is 2. The SMILES string of the molecule is COc1cc2c(cc1OC)CN(CCc1ccc(NC(=O)c3[c]cccc3[N+](N)=O)cc1)CC2. The van der Waals surface area contributed by atoms with Crippen LogP contribution >= 0.6 is 0 Å². The van der Waals surface area contributed by atoms with Gasteiger partial charge in [0.15, 0.2) is 16.4 Å². The summed E-state index contributed by atoms with van der Waals surface area (Å²) in [5.74, 6) is 6.37. The third-order valence-corrected chi connectivity index (χ3v) is 6.02. The molecule has 34 heavy (non-hydrogen) atoms. The van der Waals surface area contributed by atoms with Crippen molar-refractivity contribution < 1.29 is 19.1 Å². The summed E-state index contributed by atoms with van der Waals surface area (Å²) in [6.07, 6.45) is 1.87. The first-order valence-corrected chi connectivity index (χ1v) is 11.1. The summed E-state index contributed by atoms with van der Waals surface area (Å²) in [4.78, 5) is 26.6. The zero-order valence-corrected chi connectivity index (χ0v) is 19.3. The van der Waals surface area contributed by atoms with Crippen molar-refractivity contribution in [1.82, 2.24) is 4.90 Å². The predicted molar refractivity (Wildman–Crippen MR) is 129 cm³/mol. The minimum absolute atomic E-state index is 0.0655. The molecule has 3 N–H and O–H groups in total. The number of benzene rings is 3. The fourth-order valence-corrected chi connectivity index (χ4v) is 4.16. The van der Waals surface area contributed by atoms with Gasteiger partial charge in [-0.3, -0.25) is 9.69 Å². The van der Waals surface area contributed by atoms with E-state index in [1.165, 1.54) is 22.8 Å². The number of anilines is 1. The standard InChI is InChI=1S/C26H27N4O4/c1-33-24-15-19-12-14-29(17-20(19)16-25(24)34-2)13-11-18-7-9-21(10-8-18)28-26(31)22-5-3-4-6-23(22)30(27)32/h3-4,6-10,15-16H,11-14,17H2,1-2H3,(H2-,27,28,31,32)/p+1. The molecule has 0 saturated carbocycles. The molecule has 0 aliphatic carbocycles. The van der Waals surface area contributed by atoms with E-state index in [1.807, 2.05) is 24.3 Å². The molecule has 3 aromatic carbocycles. The van der Waals surface area contributed by atoms with E-state index in [0.29, 0.717) is 5.69 Å². The van der Waals surface area contributed by atoms with Gasteiger partial charge in [-0.1, -0.05) is 24.3 Å². The second kappa shape index (κ2) is 10.4. The first kappa shape index (κ1) is 23.3. The molecule has 0 spiro atoms. The normalized spacial score (nSPS) is 13.1. The molecule has 0 bridgehead atoms. The van der Waals surface area contributed by atoms with Crippen molar-refractivity contribution in [2.24, 2.45) is 5.84 Å². The van der Waals surface area contributed by atoms with Crippen LogP contribution in [0, 0.1) is 11.0 Å². The second-order valence-electron chi connectivity index (χ2n) is 8.16. The van der Waals surface area contributed by atoms with Crippen LogP contribution in [0.1, 0.15) is 27.0 Å². The number of fused-ring (bicyclic) bond motifs is 1.